The van der Waals surface area contributed by atoms with Gasteiger partial charge in [-0.05, 0) is 12.8 Å². The third-order valence-electron chi connectivity index (χ3n) is 12.5. The molecule has 3 atom stereocenters. The second-order valence-corrected chi connectivity index (χ2v) is 18.1. The van der Waals surface area contributed by atoms with Crippen LogP contribution >= 0.6 is 0 Å². The summed E-state index contributed by atoms with van der Waals surface area (Å²) in [6.07, 6.45) is 55.3. The van der Waals surface area contributed by atoms with Crippen molar-refractivity contribution in [2.45, 2.75) is 315 Å². The molecule has 0 heterocycles. The summed E-state index contributed by atoms with van der Waals surface area (Å²) in [5.74, 6) is -0.137. The molecule has 0 radical (unpaired) electrons. The minimum atomic E-state index is -1.13. The first-order valence-electron chi connectivity index (χ1n) is 25.8. The highest BCUT2D eigenvalue weighted by Crippen LogP contribution is 2.18. The summed E-state index contributed by atoms with van der Waals surface area (Å²) >= 11 is 0. The van der Waals surface area contributed by atoms with Gasteiger partial charge in [0.2, 0.25) is 5.91 Å². The zero-order chi connectivity index (χ0) is 40.8. The Morgan fingerprint density at radius 2 is 0.607 bits per heavy atom. The van der Waals surface area contributed by atoms with Gasteiger partial charge in [-0.25, -0.2) is 0 Å². The van der Waals surface area contributed by atoms with Crippen LogP contribution in [0.5, 0.6) is 0 Å². The lowest BCUT2D eigenvalue weighted by Crippen LogP contribution is -2.50. The molecule has 0 saturated carbocycles. The Labute approximate surface area is 351 Å². The molecule has 0 aromatic heterocycles. The average Bonchev–Trinajstić information content (AvgIpc) is 3.20. The molecule has 4 N–H and O–H groups in total. The molecule has 56 heavy (non-hydrogen) atoms. The second kappa shape index (κ2) is 47.0. The summed E-state index contributed by atoms with van der Waals surface area (Å²) in [4.78, 5) is 12.5. The standard InChI is InChI=1S/C51H103NO4/c1-3-5-7-9-11-13-15-17-19-20-21-22-23-24-25-26-27-28-29-30-31-32-34-36-38-40-42-44-46-50(55)52-48(47-53)51(56)49(54)45-43-41-39-37-35-33-18-16-14-12-10-8-6-4-2/h48-49,51,53-54,56H,3-47H2,1-2H3,(H,52,55). The Morgan fingerprint density at radius 1 is 0.375 bits per heavy atom. The largest absolute Gasteiger partial charge is 0.394 e. The quantitative estimate of drug-likeness (QED) is 0.0462. The lowest BCUT2D eigenvalue weighted by atomic mass is 9.99. The maximum atomic E-state index is 12.5. The number of carbonyl (C=O) groups is 1. The summed E-state index contributed by atoms with van der Waals surface area (Å²) < 4.78 is 0. The van der Waals surface area contributed by atoms with Gasteiger partial charge in [-0.1, -0.05) is 277 Å². The van der Waals surface area contributed by atoms with Crippen LogP contribution in [0.4, 0.5) is 0 Å². The first-order valence-corrected chi connectivity index (χ1v) is 25.8. The summed E-state index contributed by atoms with van der Waals surface area (Å²) in [5, 5.41) is 33.6. The number of hydrogen-bond acceptors (Lipinski definition) is 4. The number of unbranched alkanes of at least 4 members (excludes halogenated alkanes) is 40. The van der Waals surface area contributed by atoms with Crippen molar-refractivity contribution in [3.63, 3.8) is 0 Å². The maximum Gasteiger partial charge on any atom is 0.220 e. The third kappa shape index (κ3) is 41.5. The topological polar surface area (TPSA) is 89.8 Å². The van der Waals surface area contributed by atoms with Crippen molar-refractivity contribution in [2.75, 3.05) is 6.61 Å². The molecule has 0 fully saturated rings. The van der Waals surface area contributed by atoms with Crippen molar-refractivity contribution in [3.8, 4) is 0 Å². The first-order chi connectivity index (χ1) is 27.6. The predicted octanol–water partition coefficient (Wildman–Crippen LogP) is 15.4. The lowest BCUT2D eigenvalue weighted by Gasteiger charge is -2.26. The van der Waals surface area contributed by atoms with E-state index in [1.54, 1.807) is 0 Å². The van der Waals surface area contributed by atoms with Gasteiger partial charge in [0.1, 0.15) is 6.10 Å². The van der Waals surface area contributed by atoms with Gasteiger partial charge in [0.25, 0.3) is 0 Å². The van der Waals surface area contributed by atoms with Crippen molar-refractivity contribution >= 4 is 5.91 Å². The molecule has 0 saturated heterocycles. The zero-order valence-corrected chi connectivity index (χ0v) is 38.3. The molecule has 5 heteroatoms. The number of aliphatic hydroxyl groups excluding tert-OH is 3. The number of amides is 1. The monoisotopic (exact) mass is 794 g/mol. The Morgan fingerprint density at radius 3 is 0.857 bits per heavy atom. The van der Waals surface area contributed by atoms with Crippen molar-refractivity contribution in [3.05, 3.63) is 0 Å². The zero-order valence-electron chi connectivity index (χ0n) is 38.3. The molecule has 0 bridgehead atoms. The highest BCUT2D eigenvalue weighted by Gasteiger charge is 2.26. The van der Waals surface area contributed by atoms with Crippen molar-refractivity contribution in [1.29, 1.82) is 0 Å². The molecule has 3 unspecified atom stereocenters. The maximum absolute atomic E-state index is 12.5. The number of carbonyl (C=O) groups excluding carboxylic acids is 1. The van der Waals surface area contributed by atoms with Crippen LogP contribution in [0.1, 0.15) is 296 Å². The number of aliphatic hydroxyl groups is 3. The third-order valence-corrected chi connectivity index (χ3v) is 12.5. The van der Waals surface area contributed by atoms with E-state index in [0.717, 1.165) is 32.1 Å². The van der Waals surface area contributed by atoms with E-state index in [9.17, 15) is 20.1 Å². The normalized spacial score (nSPS) is 13.3. The molecule has 1 amide bonds. The fraction of sp³-hybridized carbons (Fsp3) is 0.980. The molecular formula is C51H103NO4. The molecule has 0 rings (SSSR count). The summed E-state index contributed by atoms with van der Waals surface area (Å²) in [7, 11) is 0. The van der Waals surface area contributed by atoms with E-state index in [1.165, 1.54) is 238 Å². The summed E-state index contributed by atoms with van der Waals surface area (Å²) in [6.45, 7) is 4.21. The highest BCUT2D eigenvalue weighted by atomic mass is 16.3. The molecule has 0 aliphatic carbocycles. The molecule has 0 aromatic carbocycles. The minimum absolute atomic E-state index is 0.137. The molecular weight excluding hydrogens is 691 g/mol. The molecule has 336 valence electrons. The average molecular weight is 794 g/mol. The Hall–Kier alpha value is -0.650. The van der Waals surface area contributed by atoms with E-state index in [1.807, 2.05) is 0 Å². The summed E-state index contributed by atoms with van der Waals surface area (Å²) in [5.41, 5.74) is 0. The van der Waals surface area contributed by atoms with Gasteiger partial charge in [-0.3, -0.25) is 4.79 Å². The fourth-order valence-electron chi connectivity index (χ4n) is 8.46. The number of hydrogen-bond donors (Lipinski definition) is 4. The number of nitrogens with one attached hydrogen (secondary N) is 1. The van der Waals surface area contributed by atoms with Crippen LogP contribution in [0.15, 0.2) is 0 Å². The highest BCUT2D eigenvalue weighted by molar-refractivity contribution is 5.76. The number of rotatable bonds is 48. The van der Waals surface area contributed by atoms with Crippen LogP contribution in [0, 0.1) is 0 Å². The van der Waals surface area contributed by atoms with Crippen LogP contribution in [0.2, 0.25) is 0 Å². The van der Waals surface area contributed by atoms with Gasteiger partial charge in [-0.15, -0.1) is 0 Å². The molecule has 0 aliphatic rings. The predicted molar refractivity (Wildman–Crippen MR) is 246 cm³/mol. The first kappa shape index (κ1) is 55.4. The summed E-state index contributed by atoms with van der Waals surface area (Å²) in [6, 6.07) is -0.803. The van der Waals surface area contributed by atoms with Gasteiger partial charge in [0.05, 0.1) is 18.8 Å². The Bertz CT molecular complexity index is 747. The van der Waals surface area contributed by atoms with Crippen molar-refractivity contribution < 1.29 is 20.1 Å². The Kier molecular flexibility index (Phi) is 46.5. The Balaban J connectivity index is 3.47. The van der Waals surface area contributed by atoms with Gasteiger partial charge >= 0.3 is 0 Å². The van der Waals surface area contributed by atoms with Gasteiger partial charge in [-0.2, -0.15) is 0 Å². The van der Waals surface area contributed by atoms with Gasteiger partial charge in [0, 0.05) is 6.42 Å². The van der Waals surface area contributed by atoms with Gasteiger partial charge < -0.3 is 20.6 Å². The van der Waals surface area contributed by atoms with E-state index >= 15 is 0 Å². The molecule has 5 nitrogen and oxygen atoms in total. The van der Waals surface area contributed by atoms with E-state index in [0.29, 0.717) is 12.8 Å². The SMILES string of the molecule is CCCCCCCCCCCCCCCCCCCCCCCCCCCCCCC(=O)NC(CO)C(O)C(O)CCCCCCCCCCCCCCCC. The molecule has 0 spiro atoms. The van der Waals surface area contributed by atoms with Gasteiger partial charge in [0.15, 0.2) is 0 Å². The molecule has 0 aliphatic heterocycles. The van der Waals surface area contributed by atoms with Crippen LogP contribution in [-0.2, 0) is 4.79 Å². The van der Waals surface area contributed by atoms with Crippen LogP contribution < -0.4 is 5.32 Å². The van der Waals surface area contributed by atoms with Crippen LogP contribution in [-0.4, -0.2) is 46.1 Å². The van der Waals surface area contributed by atoms with Crippen LogP contribution in [0.3, 0.4) is 0 Å². The van der Waals surface area contributed by atoms with E-state index < -0.39 is 18.2 Å². The minimum Gasteiger partial charge on any atom is -0.394 e. The second-order valence-electron chi connectivity index (χ2n) is 18.1. The lowest BCUT2D eigenvalue weighted by molar-refractivity contribution is -0.124. The van der Waals surface area contributed by atoms with E-state index in [2.05, 4.69) is 19.2 Å². The van der Waals surface area contributed by atoms with Crippen LogP contribution in [0.25, 0.3) is 0 Å². The van der Waals surface area contributed by atoms with E-state index in [4.69, 9.17) is 0 Å². The van der Waals surface area contributed by atoms with Crippen molar-refractivity contribution in [1.82, 2.24) is 5.32 Å². The van der Waals surface area contributed by atoms with Crippen molar-refractivity contribution in [2.24, 2.45) is 0 Å². The molecule has 0 aromatic rings. The smallest absolute Gasteiger partial charge is 0.220 e. The van der Waals surface area contributed by atoms with E-state index in [-0.39, 0.29) is 12.5 Å². The fourth-order valence-corrected chi connectivity index (χ4v) is 8.46.